The molecule has 1 atom stereocenters. The number of rotatable bonds is 4. The molecule has 3 nitrogen and oxygen atoms in total. The maximum Gasteiger partial charge on any atom is 0.325 e. The van der Waals surface area contributed by atoms with Gasteiger partial charge in [-0.15, -0.1) is 0 Å². The number of carboxylic acids is 1. The van der Waals surface area contributed by atoms with Gasteiger partial charge in [0.05, 0.1) is 0 Å². The van der Waals surface area contributed by atoms with Crippen molar-refractivity contribution >= 4 is 21.9 Å². The number of carboxylic acid groups (broad SMARTS) is 1. The second-order valence-electron chi connectivity index (χ2n) is 3.73. The summed E-state index contributed by atoms with van der Waals surface area (Å²) in [6, 6.07) is 7.19. The third kappa shape index (κ3) is 2.58. The van der Waals surface area contributed by atoms with Crippen molar-refractivity contribution in [3.8, 4) is 0 Å². The molecule has 0 radical (unpaired) electrons. The number of hydrogen-bond acceptors (Lipinski definition) is 2. The predicted octanol–water partition coefficient (Wildman–Crippen LogP) is 2.33. The van der Waals surface area contributed by atoms with Crippen LogP contribution in [-0.2, 0) is 4.79 Å². The van der Waals surface area contributed by atoms with E-state index in [0.29, 0.717) is 6.04 Å². The zero-order valence-electron chi connectivity index (χ0n) is 8.11. The fraction of sp³-hybridized carbons (Fsp3) is 0.364. The van der Waals surface area contributed by atoms with E-state index in [1.165, 1.54) is 0 Å². The van der Waals surface area contributed by atoms with E-state index in [1.54, 1.807) is 0 Å². The normalized spacial score (nSPS) is 17.4. The second kappa shape index (κ2) is 4.33. The fourth-order valence-corrected chi connectivity index (χ4v) is 2.00. The van der Waals surface area contributed by atoms with Crippen LogP contribution in [-0.4, -0.2) is 17.1 Å². The molecule has 0 saturated heterocycles. The van der Waals surface area contributed by atoms with Crippen LogP contribution in [0.2, 0.25) is 0 Å². The first-order valence-corrected chi connectivity index (χ1v) is 5.71. The maximum absolute atomic E-state index is 11.1. The Morgan fingerprint density at radius 1 is 1.47 bits per heavy atom. The number of carbonyl (C=O) groups is 1. The number of nitrogens with one attached hydrogen (secondary N) is 1. The van der Waals surface area contributed by atoms with Crippen LogP contribution in [0.15, 0.2) is 28.7 Å². The molecule has 2 N–H and O–H groups in total. The first-order chi connectivity index (χ1) is 7.18. The van der Waals surface area contributed by atoms with Gasteiger partial charge in [-0.25, -0.2) is 0 Å². The monoisotopic (exact) mass is 269 g/mol. The lowest BCUT2D eigenvalue weighted by atomic mass is 10.1. The molecule has 0 spiro atoms. The van der Waals surface area contributed by atoms with Crippen molar-refractivity contribution in [3.05, 3.63) is 34.3 Å². The summed E-state index contributed by atoms with van der Waals surface area (Å²) in [5, 5.41) is 12.3. The van der Waals surface area contributed by atoms with Crippen molar-refractivity contribution in [2.45, 2.75) is 24.9 Å². The average Bonchev–Trinajstić information content (AvgIpc) is 2.99. The molecule has 0 bridgehead atoms. The van der Waals surface area contributed by atoms with Crippen LogP contribution >= 0.6 is 15.9 Å². The van der Waals surface area contributed by atoms with Crippen molar-refractivity contribution in [2.24, 2.45) is 0 Å². The Labute approximate surface area is 96.6 Å². The summed E-state index contributed by atoms with van der Waals surface area (Å²) in [5.41, 5.74) is 0.789. The Morgan fingerprint density at radius 3 is 2.67 bits per heavy atom. The average molecular weight is 270 g/mol. The number of hydrogen-bond donors (Lipinski definition) is 2. The van der Waals surface area contributed by atoms with Gasteiger partial charge in [-0.3, -0.25) is 10.1 Å². The van der Waals surface area contributed by atoms with Gasteiger partial charge < -0.3 is 5.11 Å². The summed E-state index contributed by atoms with van der Waals surface area (Å²) in [4.78, 5) is 11.1. The van der Waals surface area contributed by atoms with Crippen molar-refractivity contribution in [1.82, 2.24) is 5.32 Å². The molecule has 1 aliphatic rings. The van der Waals surface area contributed by atoms with Crippen molar-refractivity contribution in [2.75, 3.05) is 0 Å². The summed E-state index contributed by atoms with van der Waals surface area (Å²) >= 11 is 3.37. The first-order valence-electron chi connectivity index (χ1n) is 4.92. The van der Waals surface area contributed by atoms with Gasteiger partial charge in [0, 0.05) is 10.5 Å². The third-order valence-corrected chi connectivity index (χ3v) is 3.17. The second-order valence-corrected chi connectivity index (χ2v) is 4.59. The zero-order chi connectivity index (χ0) is 10.8. The van der Waals surface area contributed by atoms with Crippen molar-refractivity contribution in [3.63, 3.8) is 0 Å². The summed E-state index contributed by atoms with van der Waals surface area (Å²) in [7, 11) is 0. The van der Waals surface area contributed by atoms with Gasteiger partial charge in [-0.2, -0.15) is 0 Å². The highest BCUT2D eigenvalue weighted by molar-refractivity contribution is 9.10. The predicted molar refractivity (Wildman–Crippen MR) is 60.7 cm³/mol. The summed E-state index contributed by atoms with van der Waals surface area (Å²) in [5.74, 6) is -0.825. The third-order valence-electron chi connectivity index (χ3n) is 2.44. The van der Waals surface area contributed by atoms with Crippen LogP contribution in [0, 0.1) is 0 Å². The summed E-state index contributed by atoms with van der Waals surface area (Å²) in [6.07, 6.45) is 2.16. The van der Waals surface area contributed by atoms with E-state index in [0.717, 1.165) is 22.9 Å². The van der Waals surface area contributed by atoms with Gasteiger partial charge in [0.15, 0.2) is 0 Å². The van der Waals surface area contributed by atoms with Gasteiger partial charge >= 0.3 is 5.97 Å². The van der Waals surface area contributed by atoms with Crippen molar-refractivity contribution in [1.29, 1.82) is 0 Å². The molecular weight excluding hydrogens is 258 g/mol. The molecule has 0 heterocycles. The Bertz CT molecular complexity index is 377. The Balaban J connectivity index is 2.22. The Morgan fingerprint density at radius 2 is 2.13 bits per heavy atom. The molecule has 0 aromatic heterocycles. The highest BCUT2D eigenvalue weighted by Gasteiger charge is 2.30. The Hall–Kier alpha value is -0.870. The molecule has 1 unspecified atom stereocenters. The SMILES string of the molecule is O=C(O)C(NC1CC1)c1ccccc1Br. The molecule has 4 heteroatoms. The highest BCUT2D eigenvalue weighted by atomic mass is 79.9. The number of aliphatic carboxylic acids is 1. The van der Waals surface area contributed by atoms with Crippen LogP contribution in [0.25, 0.3) is 0 Å². The Kier molecular flexibility index (Phi) is 3.07. The molecule has 1 fully saturated rings. The van der Waals surface area contributed by atoms with E-state index in [1.807, 2.05) is 24.3 Å². The molecular formula is C11H12BrNO2. The van der Waals surface area contributed by atoms with Gasteiger partial charge in [0.25, 0.3) is 0 Å². The van der Waals surface area contributed by atoms with E-state index < -0.39 is 12.0 Å². The lowest BCUT2D eigenvalue weighted by Crippen LogP contribution is -2.30. The minimum atomic E-state index is -0.825. The minimum absolute atomic E-state index is 0.373. The van der Waals surface area contributed by atoms with Crippen LogP contribution < -0.4 is 5.32 Å². The van der Waals surface area contributed by atoms with E-state index in [2.05, 4.69) is 21.2 Å². The summed E-state index contributed by atoms with van der Waals surface area (Å²) < 4.78 is 0.838. The number of halogens is 1. The summed E-state index contributed by atoms with van der Waals surface area (Å²) in [6.45, 7) is 0. The van der Waals surface area contributed by atoms with Crippen molar-refractivity contribution < 1.29 is 9.90 Å². The maximum atomic E-state index is 11.1. The molecule has 15 heavy (non-hydrogen) atoms. The smallest absolute Gasteiger partial charge is 0.325 e. The fourth-order valence-electron chi connectivity index (χ4n) is 1.49. The molecule has 0 amide bonds. The minimum Gasteiger partial charge on any atom is -0.480 e. The quantitative estimate of drug-likeness (QED) is 0.882. The molecule has 1 aromatic rings. The van der Waals surface area contributed by atoms with Crippen LogP contribution in [0.4, 0.5) is 0 Å². The van der Waals surface area contributed by atoms with E-state index >= 15 is 0 Å². The molecule has 1 aromatic carbocycles. The molecule has 1 saturated carbocycles. The van der Waals surface area contributed by atoms with E-state index in [4.69, 9.17) is 5.11 Å². The van der Waals surface area contributed by atoms with Gasteiger partial charge in [-0.05, 0) is 24.5 Å². The molecule has 2 rings (SSSR count). The lowest BCUT2D eigenvalue weighted by molar-refractivity contribution is -0.139. The van der Waals surface area contributed by atoms with Crippen LogP contribution in [0.3, 0.4) is 0 Å². The largest absolute Gasteiger partial charge is 0.480 e. The highest BCUT2D eigenvalue weighted by Crippen LogP contribution is 2.28. The van der Waals surface area contributed by atoms with E-state index in [9.17, 15) is 4.79 Å². The standard InChI is InChI=1S/C11H12BrNO2/c12-9-4-2-1-3-8(9)10(11(14)15)13-7-5-6-7/h1-4,7,10,13H,5-6H2,(H,14,15). The van der Waals surface area contributed by atoms with Gasteiger partial charge in [0.2, 0.25) is 0 Å². The van der Waals surface area contributed by atoms with Crippen LogP contribution in [0.5, 0.6) is 0 Å². The molecule has 80 valence electrons. The molecule has 0 aliphatic heterocycles. The lowest BCUT2D eigenvalue weighted by Gasteiger charge is -2.15. The number of benzene rings is 1. The first kappa shape index (κ1) is 10.6. The van der Waals surface area contributed by atoms with E-state index in [-0.39, 0.29) is 0 Å². The topological polar surface area (TPSA) is 49.3 Å². The van der Waals surface area contributed by atoms with Gasteiger partial charge in [0.1, 0.15) is 6.04 Å². The molecule has 1 aliphatic carbocycles. The zero-order valence-corrected chi connectivity index (χ0v) is 9.70. The van der Waals surface area contributed by atoms with Gasteiger partial charge in [-0.1, -0.05) is 34.1 Å². The van der Waals surface area contributed by atoms with Crippen LogP contribution in [0.1, 0.15) is 24.4 Å².